The predicted octanol–water partition coefficient (Wildman–Crippen LogP) is 4.49. The van der Waals surface area contributed by atoms with Gasteiger partial charge in [0.05, 0.1) is 17.9 Å². The Kier molecular flexibility index (Phi) is 2.88. The Morgan fingerprint density at radius 1 is 0.789 bits per heavy atom. The van der Waals surface area contributed by atoms with E-state index in [0.717, 1.165) is 22.5 Å². The average Bonchev–Trinajstić information content (AvgIpc) is 3.01. The molecule has 0 spiro atoms. The van der Waals surface area contributed by atoms with Crippen LogP contribution < -0.4 is 0 Å². The second kappa shape index (κ2) is 4.83. The van der Waals surface area contributed by atoms with E-state index in [1.54, 1.807) is 6.26 Å². The quantitative estimate of drug-likeness (QED) is 0.667. The van der Waals surface area contributed by atoms with Gasteiger partial charge in [-0.15, -0.1) is 0 Å². The van der Waals surface area contributed by atoms with Gasteiger partial charge in [-0.3, -0.25) is 0 Å². The van der Waals surface area contributed by atoms with Gasteiger partial charge in [-0.25, -0.2) is 0 Å². The van der Waals surface area contributed by atoms with Gasteiger partial charge in [0, 0.05) is 5.56 Å². The second-order valence-electron chi connectivity index (χ2n) is 4.21. The van der Waals surface area contributed by atoms with Crippen molar-refractivity contribution < 1.29 is 4.42 Å². The van der Waals surface area contributed by atoms with E-state index in [9.17, 15) is 0 Å². The molecule has 0 N–H and O–H groups in total. The maximum absolute atomic E-state index is 8.84. The van der Waals surface area contributed by atoms with Crippen LogP contribution >= 0.6 is 0 Å². The van der Waals surface area contributed by atoms with Crippen LogP contribution in [0.5, 0.6) is 0 Å². The predicted molar refractivity (Wildman–Crippen MR) is 74.3 cm³/mol. The third-order valence-electron chi connectivity index (χ3n) is 3.04. The molecule has 1 aromatic heterocycles. The van der Waals surface area contributed by atoms with E-state index in [0.29, 0.717) is 5.56 Å². The fourth-order valence-corrected chi connectivity index (χ4v) is 2.11. The molecule has 0 saturated heterocycles. The van der Waals surface area contributed by atoms with Gasteiger partial charge >= 0.3 is 0 Å². The zero-order chi connectivity index (χ0) is 13.1. The number of hydrogen-bond donors (Lipinski definition) is 0. The van der Waals surface area contributed by atoms with E-state index in [-0.39, 0.29) is 0 Å². The van der Waals surface area contributed by atoms with E-state index in [1.807, 2.05) is 54.6 Å². The molecule has 3 rings (SSSR count). The number of hydrogen-bond acceptors (Lipinski definition) is 2. The van der Waals surface area contributed by atoms with E-state index >= 15 is 0 Å². The van der Waals surface area contributed by atoms with Crippen LogP contribution in [0.1, 0.15) is 5.56 Å². The molecule has 0 radical (unpaired) electrons. The number of rotatable bonds is 2. The molecule has 0 fully saturated rings. The zero-order valence-electron chi connectivity index (χ0n) is 10.2. The van der Waals surface area contributed by atoms with Crippen LogP contribution in [0.2, 0.25) is 0 Å². The number of nitrogens with zero attached hydrogens (tertiary/aromatic N) is 1. The molecule has 0 saturated carbocycles. The van der Waals surface area contributed by atoms with Crippen molar-refractivity contribution in [3.63, 3.8) is 0 Å². The summed E-state index contributed by atoms with van der Waals surface area (Å²) < 4.78 is 5.47. The van der Waals surface area contributed by atoms with Gasteiger partial charge < -0.3 is 4.42 Å². The molecule has 2 aromatic carbocycles. The van der Waals surface area contributed by atoms with E-state index in [2.05, 4.69) is 12.1 Å². The first kappa shape index (κ1) is 11.3. The summed E-state index contributed by atoms with van der Waals surface area (Å²) in [5.74, 6) is 0.847. The van der Waals surface area contributed by atoms with Crippen molar-refractivity contribution in [1.82, 2.24) is 0 Å². The lowest BCUT2D eigenvalue weighted by Gasteiger charge is -2.07. The Bertz CT molecular complexity index is 719. The lowest BCUT2D eigenvalue weighted by molar-refractivity contribution is 0.582. The van der Waals surface area contributed by atoms with Gasteiger partial charge in [0.1, 0.15) is 5.76 Å². The van der Waals surface area contributed by atoms with Gasteiger partial charge in [-0.1, -0.05) is 36.4 Å². The lowest BCUT2D eigenvalue weighted by Crippen LogP contribution is -1.83. The van der Waals surface area contributed by atoms with Gasteiger partial charge in [-0.2, -0.15) is 5.26 Å². The Morgan fingerprint density at radius 2 is 1.53 bits per heavy atom. The third kappa shape index (κ3) is 2.14. The molecule has 0 aliphatic rings. The molecular formula is C17H11NO. The molecule has 0 aliphatic carbocycles. The molecule has 2 heteroatoms. The summed E-state index contributed by atoms with van der Waals surface area (Å²) in [6.45, 7) is 0. The van der Waals surface area contributed by atoms with E-state index < -0.39 is 0 Å². The van der Waals surface area contributed by atoms with E-state index in [1.165, 1.54) is 0 Å². The van der Waals surface area contributed by atoms with Crippen LogP contribution in [0.3, 0.4) is 0 Å². The summed E-state index contributed by atoms with van der Waals surface area (Å²) in [7, 11) is 0. The van der Waals surface area contributed by atoms with Crippen molar-refractivity contribution in [1.29, 1.82) is 5.26 Å². The average molecular weight is 245 g/mol. The smallest absolute Gasteiger partial charge is 0.134 e. The SMILES string of the molecule is N#Cc1ccc(-c2ccccc2-c2ccco2)cc1. The van der Waals surface area contributed by atoms with Gasteiger partial charge in [0.25, 0.3) is 0 Å². The van der Waals surface area contributed by atoms with Gasteiger partial charge in [-0.05, 0) is 35.4 Å². The number of furan rings is 1. The van der Waals surface area contributed by atoms with Crippen molar-refractivity contribution in [2.45, 2.75) is 0 Å². The topological polar surface area (TPSA) is 36.9 Å². The van der Waals surface area contributed by atoms with Gasteiger partial charge in [0.15, 0.2) is 0 Å². The van der Waals surface area contributed by atoms with Crippen LogP contribution in [0.4, 0.5) is 0 Å². The van der Waals surface area contributed by atoms with Crippen molar-refractivity contribution >= 4 is 0 Å². The van der Waals surface area contributed by atoms with Crippen LogP contribution in [0.25, 0.3) is 22.5 Å². The first-order valence-electron chi connectivity index (χ1n) is 6.02. The molecule has 0 unspecified atom stereocenters. The maximum atomic E-state index is 8.84. The number of nitriles is 1. The van der Waals surface area contributed by atoms with Crippen molar-refractivity contribution in [3.8, 4) is 28.5 Å². The van der Waals surface area contributed by atoms with Gasteiger partial charge in [0.2, 0.25) is 0 Å². The highest BCUT2D eigenvalue weighted by atomic mass is 16.3. The number of benzene rings is 2. The lowest BCUT2D eigenvalue weighted by atomic mass is 9.97. The largest absolute Gasteiger partial charge is 0.464 e. The Hall–Kier alpha value is -2.79. The first-order chi connectivity index (χ1) is 9.38. The van der Waals surface area contributed by atoms with Crippen LogP contribution in [0.15, 0.2) is 71.3 Å². The molecule has 3 aromatic rings. The molecule has 2 nitrogen and oxygen atoms in total. The first-order valence-corrected chi connectivity index (χ1v) is 6.02. The van der Waals surface area contributed by atoms with Crippen LogP contribution in [-0.2, 0) is 0 Å². The van der Waals surface area contributed by atoms with Crippen LogP contribution in [-0.4, -0.2) is 0 Å². The zero-order valence-corrected chi connectivity index (χ0v) is 10.2. The Labute approximate surface area is 111 Å². The summed E-state index contributed by atoms with van der Waals surface area (Å²) in [5, 5.41) is 8.84. The van der Waals surface area contributed by atoms with Crippen molar-refractivity contribution in [2.75, 3.05) is 0 Å². The molecule has 19 heavy (non-hydrogen) atoms. The van der Waals surface area contributed by atoms with Crippen LogP contribution in [0, 0.1) is 11.3 Å². The molecule has 0 amide bonds. The third-order valence-corrected chi connectivity index (χ3v) is 3.04. The highest BCUT2D eigenvalue weighted by molar-refractivity contribution is 5.81. The van der Waals surface area contributed by atoms with Crippen molar-refractivity contribution in [3.05, 3.63) is 72.5 Å². The Balaban J connectivity index is 2.12. The minimum Gasteiger partial charge on any atom is -0.464 e. The normalized spacial score (nSPS) is 10.1. The molecule has 1 heterocycles. The molecule has 90 valence electrons. The summed E-state index contributed by atoms with van der Waals surface area (Å²) in [6, 6.07) is 21.6. The van der Waals surface area contributed by atoms with E-state index in [4.69, 9.17) is 9.68 Å². The molecular weight excluding hydrogens is 234 g/mol. The summed E-state index contributed by atoms with van der Waals surface area (Å²) in [4.78, 5) is 0. The minimum absolute atomic E-state index is 0.666. The standard InChI is InChI=1S/C17H11NO/c18-12-13-7-9-14(10-8-13)15-4-1-2-5-16(15)17-6-3-11-19-17/h1-11H. The summed E-state index contributed by atoms with van der Waals surface area (Å²) >= 11 is 0. The summed E-state index contributed by atoms with van der Waals surface area (Å²) in [6.07, 6.45) is 1.67. The highest BCUT2D eigenvalue weighted by Crippen LogP contribution is 2.32. The summed E-state index contributed by atoms with van der Waals surface area (Å²) in [5.41, 5.74) is 3.89. The van der Waals surface area contributed by atoms with Crippen molar-refractivity contribution in [2.24, 2.45) is 0 Å². The molecule has 0 atom stereocenters. The fraction of sp³-hybridized carbons (Fsp3) is 0. The minimum atomic E-state index is 0.666. The Morgan fingerprint density at radius 3 is 2.16 bits per heavy atom. The molecule has 0 bridgehead atoms. The highest BCUT2D eigenvalue weighted by Gasteiger charge is 2.08. The second-order valence-corrected chi connectivity index (χ2v) is 4.21. The maximum Gasteiger partial charge on any atom is 0.134 e. The monoisotopic (exact) mass is 245 g/mol. The molecule has 0 aliphatic heterocycles. The fourth-order valence-electron chi connectivity index (χ4n) is 2.11.